The van der Waals surface area contributed by atoms with Gasteiger partial charge in [-0.1, -0.05) is 13.8 Å². The Morgan fingerprint density at radius 1 is 1.29 bits per heavy atom. The first-order chi connectivity index (χ1) is 10.7. The SMILES string of the molecule is Cc1nn(C)c(C)c1CN=C(NCC(=O)N(C)C)NCC(C)C.I. The predicted molar refractivity (Wildman–Crippen MR) is 109 cm³/mol. The molecule has 0 aliphatic heterocycles. The monoisotopic (exact) mass is 450 g/mol. The fourth-order valence-electron chi connectivity index (χ4n) is 2.00. The highest BCUT2D eigenvalue weighted by molar-refractivity contribution is 14.0. The van der Waals surface area contributed by atoms with Crippen molar-refractivity contribution >= 4 is 35.8 Å². The van der Waals surface area contributed by atoms with Crippen molar-refractivity contribution in [2.24, 2.45) is 18.0 Å². The number of amides is 1. The molecule has 0 aliphatic rings. The normalized spacial score (nSPS) is 11.2. The third-order valence-electron chi connectivity index (χ3n) is 3.64. The number of halogens is 1. The first-order valence-electron chi connectivity index (χ1n) is 7.93. The van der Waals surface area contributed by atoms with Gasteiger partial charge in [-0.15, -0.1) is 24.0 Å². The van der Waals surface area contributed by atoms with E-state index in [9.17, 15) is 4.79 Å². The van der Waals surface area contributed by atoms with Crippen LogP contribution in [-0.2, 0) is 18.4 Å². The molecular formula is C16H31IN6O. The van der Waals surface area contributed by atoms with Gasteiger partial charge in [0, 0.05) is 38.9 Å². The Morgan fingerprint density at radius 3 is 2.38 bits per heavy atom. The van der Waals surface area contributed by atoms with Crippen molar-refractivity contribution in [3.8, 4) is 0 Å². The zero-order valence-corrected chi connectivity index (χ0v) is 18.1. The number of aromatic nitrogens is 2. The summed E-state index contributed by atoms with van der Waals surface area (Å²) < 4.78 is 1.87. The maximum absolute atomic E-state index is 11.7. The van der Waals surface area contributed by atoms with Gasteiger partial charge in [-0.05, 0) is 19.8 Å². The van der Waals surface area contributed by atoms with Crippen molar-refractivity contribution in [1.82, 2.24) is 25.3 Å². The van der Waals surface area contributed by atoms with Crippen molar-refractivity contribution in [2.45, 2.75) is 34.2 Å². The Labute approximate surface area is 162 Å². The number of aryl methyl sites for hydroxylation is 2. The van der Waals surface area contributed by atoms with Crippen LogP contribution in [0.5, 0.6) is 0 Å². The molecule has 0 saturated carbocycles. The zero-order chi connectivity index (χ0) is 17.6. The fourth-order valence-corrected chi connectivity index (χ4v) is 2.00. The highest BCUT2D eigenvalue weighted by Gasteiger charge is 2.10. The topological polar surface area (TPSA) is 74.5 Å². The van der Waals surface area contributed by atoms with Crippen LogP contribution in [0.2, 0.25) is 0 Å². The summed E-state index contributed by atoms with van der Waals surface area (Å²) in [5, 5.41) is 10.8. The summed E-state index contributed by atoms with van der Waals surface area (Å²) in [4.78, 5) is 17.9. The molecule has 8 heteroatoms. The van der Waals surface area contributed by atoms with Crippen molar-refractivity contribution < 1.29 is 4.79 Å². The van der Waals surface area contributed by atoms with Crippen LogP contribution in [0.25, 0.3) is 0 Å². The molecule has 0 unspecified atom stereocenters. The van der Waals surface area contributed by atoms with Crippen LogP contribution in [-0.4, -0.2) is 53.7 Å². The van der Waals surface area contributed by atoms with Crippen LogP contribution < -0.4 is 10.6 Å². The molecule has 0 radical (unpaired) electrons. The molecule has 1 aromatic heterocycles. The highest BCUT2D eigenvalue weighted by Crippen LogP contribution is 2.12. The molecule has 0 bridgehead atoms. The van der Waals surface area contributed by atoms with E-state index in [0.717, 1.165) is 23.5 Å². The van der Waals surface area contributed by atoms with E-state index in [1.807, 2.05) is 25.6 Å². The van der Waals surface area contributed by atoms with E-state index in [4.69, 9.17) is 0 Å². The number of aliphatic imine (C=N–C) groups is 1. The van der Waals surface area contributed by atoms with E-state index < -0.39 is 0 Å². The molecule has 1 heterocycles. The minimum absolute atomic E-state index is 0. The quantitative estimate of drug-likeness (QED) is 0.391. The first-order valence-corrected chi connectivity index (χ1v) is 7.93. The number of carbonyl (C=O) groups excluding carboxylic acids is 1. The van der Waals surface area contributed by atoms with Crippen LogP contribution >= 0.6 is 24.0 Å². The van der Waals surface area contributed by atoms with Gasteiger partial charge in [-0.3, -0.25) is 9.48 Å². The summed E-state index contributed by atoms with van der Waals surface area (Å²) in [7, 11) is 5.41. The Hall–Kier alpha value is -1.32. The van der Waals surface area contributed by atoms with Crippen LogP contribution in [0, 0.1) is 19.8 Å². The smallest absolute Gasteiger partial charge is 0.241 e. The lowest BCUT2D eigenvalue weighted by Gasteiger charge is -2.16. The number of hydrogen-bond acceptors (Lipinski definition) is 3. The molecule has 7 nitrogen and oxygen atoms in total. The minimum atomic E-state index is 0. The average Bonchev–Trinajstić information content (AvgIpc) is 2.71. The maximum Gasteiger partial charge on any atom is 0.241 e. The number of guanidine groups is 1. The molecule has 0 fully saturated rings. The van der Waals surface area contributed by atoms with Gasteiger partial charge in [0.2, 0.25) is 5.91 Å². The summed E-state index contributed by atoms with van der Waals surface area (Å²) in [5.41, 5.74) is 3.22. The van der Waals surface area contributed by atoms with E-state index >= 15 is 0 Å². The molecule has 1 amide bonds. The zero-order valence-electron chi connectivity index (χ0n) is 15.8. The number of nitrogens with one attached hydrogen (secondary N) is 2. The molecule has 0 spiro atoms. The molecule has 0 aromatic carbocycles. The van der Waals surface area contributed by atoms with Crippen molar-refractivity contribution in [1.29, 1.82) is 0 Å². The van der Waals surface area contributed by atoms with Gasteiger partial charge in [0.15, 0.2) is 5.96 Å². The number of carbonyl (C=O) groups is 1. The Bertz CT molecular complexity index is 565. The molecule has 138 valence electrons. The number of nitrogens with zero attached hydrogens (tertiary/aromatic N) is 4. The standard InChI is InChI=1S/C16H30N6O.HI/c1-11(2)8-17-16(19-10-15(23)21(5)6)18-9-14-12(3)20-22(7)13(14)4;/h11H,8-10H2,1-7H3,(H2,17,18,19);1H. The first kappa shape index (κ1) is 22.7. The van der Waals surface area contributed by atoms with Gasteiger partial charge in [0.25, 0.3) is 0 Å². The van der Waals surface area contributed by atoms with Crippen LogP contribution in [0.3, 0.4) is 0 Å². The number of rotatable bonds is 6. The van der Waals surface area contributed by atoms with Gasteiger partial charge in [0.1, 0.15) is 0 Å². The summed E-state index contributed by atoms with van der Waals surface area (Å²) in [5.74, 6) is 1.16. The largest absolute Gasteiger partial charge is 0.356 e. The molecule has 1 aromatic rings. The molecule has 1 rings (SSSR count). The lowest BCUT2D eigenvalue weighted by atomic mass is 10.2. The van der Waals surface area contributed by atoms with Crippen molar-refractivity contribution in [3.05, 3.63) is 17.0 Å². The predicted octanol–water partition coefficient (Wildman–Crippen LogP) is 1.43. The molecule has 0 aliphatic carbocycles. The second-order valence-electron chi connectivity index (χ2n) is 6.35. The van der Waals surface area contributed by atoms with Crippen LogP contribution in [0.4, 0.5) is 0 Å². The second kappa shape index (κ2) is 10.5. The number of hydrogen-bond donors (Lipinski definition) is 2. The van der Waals surface area contributed by atoms with Crippen molar-refractivity contribution in [3.63, 3.8) is 0 Å². The molecule has 0 atom stereocenters. The van der Waals surface area contributed by atoms with Crippen molar-refractivity contribution in [2.75, 3.05) is 27.2 Å². The van der Waals surface area contributed by atoms with Gasteiger partial charge >= 0.3 is 0 Å². The maximum atomic E-state index is 11.7. The van der Waals surface area contributed by atoms with E-state index in [2.05, 4.69) is 34.6 Å². The van der Waals surface area contributed by atoms with E-state index in [0.29, 0.717) is 18.4 Å². The summed E-state index contributed by atoms with van der Waals surface area (Å²) >= 11 is 0. The fraction of sp³-hybridized carbons (Fsp3) is 0.688. The lowest BCUT2D eigenvalue weighted by Crippen LogP contribution is -2.44. The second-order valence-corrected chi connectivity index (χ2v) is 6.35. The van der Waals surface area contributed by atoms with Gasteiger partial charge in [0.05, 0.1) is 18.8 Å². The molecule has 2 N–H and O–H groups in total. The third-order valence-corrected chi connectivity index (χ3v) is 3.64. The Morgan fingerprint density at radius 2 is 1.92 bits per heavy atom. The van der Waals surface area contributed by atoms with E-state index in [1.54, 1.807) is 19.0 Å². The minimum Gasteiger partial charge on any atom is -0.356 e. The van der Waals surface area contributed by atoms with Crippen LogP contribution in [0.15, 0.2) is 4.99 Å². The van der Waals surface area contributed by atoms with Gasteiger partial charge in [-0.2, -0.15) is 5.10 Å². The Balaban J connectivity index is 0.00000529. The van der Waals surface area contributed by atoms with Gasteiger partial charge < -0.3 is 15.5 Å². The van der Waals surface area contributed by atoms with E-state index in [1.165, 1.54) is 0 Å². The average molecular weight is 450 g/mol. The third kappa shape index (κ3) is 7.06. The highest BCUT2D eigenvalue weighted by atomic mass is 127. The summed E-state index contributed by atoms with van der Waals surface area (Å²) in [6, 6.07) is 0. The molecule has 0 saturated heterocycles. The van der Waals surface area contributed by atoms with Crippen LogP contribution in [0.1, 0.15) is 30.8 Å². The van der Waals surface area contributed by atoms with E-state index in [-0.39, 0.29) is 36.4 Å². The van der Waals surface area contributed by atoms with Gasteiger partial charge in [-0.25, -0.2) is 4.99 Å². The number of likely N-dealkylation sites (N-methyl/N-ethyl adjacent to an activating group) is 1. The molecular weight excluding hydrogens is 419 g/mol. The summed E-state index contributed by atoms with van der Waals surface area (Å²) in [6.07, 6.45) is 0. The Kier molecular flexibility index (Phi) is 9.95. The molecule has 24 heavy (non-hydrogen) atoms. The lowest BCUT2D eigenvalue weighted by molar-refractivity contribution is -0.127. The summed E-state index contributed by atoms with van der Waals surface area (Å²) in [6.45, 7) is 9.84.